The number of nitrogen functional groups attached to an aromatic ring is 2. The summed E-state index contributed by atoms with van der Waals surface area (Å²) in [5.74, 6) is -2.22. The van der Waals surface area contributed by atoms with Gasteiger partial charge >= 0.3 is 0 Å². The third-order valence-electron chi connectivity index (χ3n) is 2.49. The molecule has 1 amide bonds. The maximum atomic E-state index is 13.5. The highest BCUT2D eigenvalue weighted by Crippen LogP contribution is 2.22. The first-order valence-electron chi connectivity index (χ1n) is 6.04. The lowest BCUT2D eigenvalue weighted by atomic mass is 10.3. The van der Waals surface area contributed by atoms with E-state index in [9.17, 15) is 13.6 Å². The average Bonchev–Trinajstić information content (AvgIpc) is 2.40. The zero-order chi connectivity index (χ0) is 16.3. The van der Waals surface area contributed by atoms with Crippen LogP contribution in [0.4, 0.5) is 26.4 Å². The van der Waals surface area contributed by atoms with Gasteiger partial charge < -0.3 is 16.8 Å². The summed E-state index contributed by atoms with van der Waals surface area (Å²) in [5.41, 5.74) is 10.7. The number of rotatable bonds is 4. The molecule has 0 aliphatic rings. The number of benzene rings is 1. The molecule has 5 N–H and O–H groups in total. The third-order valence-corrected chi connectivity index (χ3v) is 3.45. The quantitative estimate of drug-likeness (QED) is 0.727. The number of aromatic nitrogens is 3. The van der Waals surface area contributed by atoms with E-state index in [0.29, 0.717) is 6.07 Å². The van der Waals surface area contributed by atoms with Gasteiger partial charge in [0.2, 0.25) is 17.8 Å². The summed E-state index contributed by atoms with van der Waals surface area (Å²) in [5, 5.41) is 1.86. The van der Waals surface area contributed by atoms with Crippen LogP contribution in [0.3, 0.4) is 0 Å². The molecule has 0 spiro atoms. The van der Waals surface area contributed by atoms with Gasteiger partial charge in [-0.25, -0.2) is 8.78 Å². The van der Waals surface area contributed by atoms with Crippen molar-refractivity contribution in [2.75, 3.05) is 16.8 Å². The van der Waals surface area contributed by atoms with Crippen LogP contribution in [0.2, 0.25) is 0 Å². The Morgan fingerprint density at radius 3 is 2.45 bits per heavy atom. The van der Waals surface area contributed by atoms with Crippen molar-refractivity contribution >= 4 is 35.3 Å². The van der Waals surface area contributed by atoms with Crippen LogP contribution < -0.4 is 16.8 Å². The van der Waals surface area contributed by atoms with Gasteiger partial charge in [-0.15, -0.1) is 0 Å². The number of carbonyl (C=O) groups excluding carboxylic acids is 1. The van der Waals surface area contributed by atoms with E-state index in [0.717, 1.165) is 23.9 Å². The number of hydrogen-bond donors (Lipinski definition) is 3. The summed E-state index contributed by atoms with van der Waals surface area (Å²) in [4.78, 5) is 23.3. The van der Waals surface area contributed by atoms with Crippen molar-refractivity contribution in [3.63, 3.8) is 0 Å². The van der Waals surface area contributed by atoms with Crippen molar-refractivity contribution in [1.29, 1.82) is 0 Å². The lowest BCUT2D eigenvalue weighted by Gasteiger charge is -2.11. The number of carbonyl (C=O) groups is 1. The number of amides is 1. The molecular weight excluding hydrogens is 314 g/mol. The predicted octanol–water partition coefficient (Wildman–Crippen LogP) is 1.43. The van der Waals surface area contributed by atoms with Crippen molar-refractivity contribution in [1.82, 2.24) is 15.0 Å². The van der Waals surface area contributed by atoms with E-state index >= 15 is 0 Å². The fraction of sp³-hybridized carbons (Fsp3) is 0.167. The molecular formula is C12H12F2N6OS. The normalized spacial score (nSPS) is 12.0. The number of halogens is 2. The van der Waals surface area contributed by atoms with Crippen LogP contribution in [0.15, 0.2) is 23.4 Å². The topological polar surface area (TPSA) is 120 Å². The van der Waals surface area contributed by atoms with Gasteiger partial charge in [-0.1, -0.05) is 11.8 Å². The molecule has 7 nitrogen and oxygen atoms in total. The second kappa shape index (κ2) is 6.52. The molecule has 0 fully saturated rings. The smallest absolute Gasteiger partial charge is 0.237 e. The molecule has 1 atom stereocenters. The first kappa shape index (κ1) is 15.9. The van der Waals surface area contributed by atoms with Gasteiger partial charge in [0.1, 0.15) is 11.6 Å². The van der Waals surface area contributed by atoms with E-state index in [2.05, 4.69) is 20.3 Å². The van der Waals surface area contributed by atoms with Crippen LogP contribution in [0.25, 0.3) is 0 Å². The average molecular weight is 326 g/mol. The molecule has 1 aromatic heterocycles. The molecule has 1 heterocycles. The van der Waals surface area contributed by atoms with Crippen LogP contribution in [-0.4, -0.2) is 26.1 Å². The number of nitrogens with two attached hydrogens (primary N) is 2. The third kappa shape index (κ3) is 4.01. The Kier molecular flexibility index (Phi) is 4.71. The SMILES string of the molecule is C[C@H](Sc1nc(N)nc(N)n1)C(=O)Nc1ccc(F)cc1F. The zero-order valence-corrected chi connectivity index (χ0v) is 12.2. The number of nitrogens with zero attached hydrogens (tertiary/aromatic N) is 3. The molecule has 0 radical (unpaired) electrons. The Bertz CT molecular complexity index is 694. The molecule has 0 unspecified atom stereocenters. The van der Waals surface area contributed by atoms with E-state index in [4.69, 9.17) is 11.5 Å². The van der Waals surface area contributed by atoms with E-state index in [-0.39, 0.29) is 22.7 Å². The zero-order valence-electron chi connectivity index (χ0n) is 11.4. The first-order valence-corrected chi connectivity index (χ1v) is 6.92. The molecule has 1 aromatic carbocycles. The lowest BCUT2D eigenvalue weighted by molar-refractivity contribution is -0.115. The van der Waals surface area contributed by atoms with Gasteiger partial charge in [-0.2, -0.15) is 15.0 Å². The van der Waals surface area contributed by atoms with Crippen molar-refractivity contribution in [3.05, 3.63) is 29.8 Å². The minimum absolute atomic E-state index is 0.0628. The molecule has 0 saturated heterocycles. The number of nitrogens with one attached hydrogen (secondary N) is 1. The van der Waals surface area contributed by atoms with Crippen LogP contribution in [0, 0.1) is 11.6 Å². The maximum absolute atomic E-state index is 13.5. The Morgan fingerprint density at radius 2 is 1.86 bits per heavy atom. The van der Waals surface area contributed by atoms with E-state index in [1.54, 1.807) is 6.92 Å². The summed E-state index contributed by atoms with van der Waals surface area (Å²) in [6, 6.07) is 2.86. The summed E-state index contributed by atoms with van der Waals surface area (Å²) in [6.07, 6.45) is 0. The molecule has 2 aromatic rings. The monoisotopic (exact) mass is 326 g/mol. The van der Waals surface area contributed by atoms with Crippen molar-refractivity contribution < 1.29 is 13.6 Å². The largest absolute Gasteiger partial charge is 0.368 e. The van der Waals surface area contributed by atoms with E-state index in [1.165, 1.54) is 0 Å². The van der Waals surface area contributed by atoms with Crippen molar-refractivity contribution in [2.45, 2.75) is 17.3 Å². The first-order chi connectivity index (χ1) is 10.3. The highest BCUT2D eigenvalue weighted by molar-refractivity contribution is 8.00. The fourth-order valence-electron chi connectivity index (χ4n) is 1.48. The van der Waals surface area contributed by atoms with Crippen molar-refractivity contribution in [2.24, 2.45) is 0 Å². The van der Waals surface area contributed by atoms with Gasteiger partial charge in [-0.3, -0.25) is 4.79 Å². The Morgan fingerprint density at radius 1 is 1.23 bits per heavy atom. The number of hydrogen-bond acceptors (Lipinski definition) is 7. The van der Waals surface area contributed by atoms with E-state index in [1.807, 2.05) is 0 Å². The second-order valence-electron chi connectivity index (χ2n) is 4.21. The van der Waals surface area contributed by atoms with Gasteiger partial charge in [0.05, 0.1) is 10.9 Å². The molecule has 0 saturated carbocycles. The van der Waals surface area contributed by atoms with Crippen LogP contribution >= 0.6 is 11.8 Å². The van der Waals surface area contributed by atoms with Gasteiger partial charge in [-0.05, 0) is 19.1 Å². The molecule has 116 valence electrons. The highest BCUT2D eigenvalue weighted by Gasteiger charge is 2.18. The van der Waals surface area contributed by atoms with Crippen LogP contribution in [0.1, 0.15) is 6.92 Å². The lowest BCUT2D eigenvalue weighted by Crippen LogP contribution is -2.23. The minimum Gasteiger partial charge on any atom is -0.368 e. The standard InChI is InChI=1S/C12H12F2N6OS/c1-5(22-12-19-10(15)18-11(16)20-12)9(21)17-8-3-2-6(13)4-7(8)14/h2-5H,1H3,(H,17,21)(H4,15,16,18,19,20)/t5-/m0/s1. The summed E-state index contributed by atoms with van der Waals surface area (Å²) >= 11 is 0.977. The highest BCUT2D eigenvalue weighted by atomic mass is 32.2. The predicted molar refractivity (Wildman–Crippen MR) is 79.0 cm³/mol. The molecule has 0 aliphatic heterocycles. The Labute approximate surface area is 128 Å². The molecule has 22 heavy (non-hydrogen) atoms. The van der Waals surface area contributed by atoms with Gasteiger partial charge in [0, 0.05) is 6.07 Å². The Hall–Kier alpha value is -2.49. The second-order valence-corrected chi connectivity index (χ2v) is 5.52. The fourth-order valence-corrected chi connectivity index (χ4v) is 2.25. The summed E-state index contributed by atoms with van der Waals surface area (Å²) in [6.45, 7) is 1.57. The minimum atomic E-state index is -0.862. The number of anilines is 3. The van der Waals surface area contributed by atoms with Crippen LogP contribution in [0.5, 0.6) is 0 Å². The molecule has 10 heteroatoms. The van der Waals surface area contributed by atoms with Gasteiger partial charge in [0.15, 0.2) is 5.16 Å². The summed E-state index contributed by atoms with van der Waals surface area (Å²) < 4.78 is 26.3. The van der Waals surface area contributed by atoms with Crippen LogP contribution in [-0.2, 0) is 4.79 Å². The maximum Gasteiger partial charge on any atom is 0.237 e. The van der Waals surface area contributed by atoms with E-state index < -0.39 is 22.8 Å². The van der Waals surface area contributed by atoms with Crippen molar-refractivity contribution in [3.8, 4) is 0 Å². The Balaban J connectivity index is 2.05. The van der Waals surface area contributed by atoms with Gasteiger partial charge in [0.25, 0.3) is 0 Å². The summed E-state index contributed by atoms with van der Waals surface area (Å²) in [7, 11) is 0. The molecule has 0 bridgehead atoms. The molecule has 2 rings (SSSR count). The molecule has 0 aliphatic carbocycles. The number of thioether (sulfide) groups is 1.